The van der Waals surface area contributed by atoms with Crippen molar-refractivity contribution in [2.45, 2.75) is 31.5 Å². The van der Waals surface area contributed by atoms with E-state index in [1.54, 1.807) is 0 Å². The van der Waals surface area contributed by atoms with Gasteiger partial charge in [-0.2, -0.15) is 0 Å². The molecule has 1 aliphatic carbocycles. The molecule has 0 spiro atoms. The minimum Gasteiger partial charge on any atom is -0.468 e. The lowest BCUT2D eigenvalue weighted by molar-refractivity contribution is -0.142. The van der Waals surface area contributed by atoms with E-state index in [0.29, 0.717) is 0 Å². The summed E-state index contributed by atoms with van der Waals surface area (Å²) in [7, 11) is 1.26. The van der Waals surface area contributed by atoms with Crippen molar-refractivity contribution in [1.82, 2.24) is 0 Å². The molecular formula is C8H14FNO2. The number of alkyl halides is 1. The van der Waals surface area contributed by atoms with Crippen LogP contribution in [0.15, 0.2) is 0 Å². The number of hydrogen-bond donors (Lipinski definition) is 1. The molecular weight excluding hydrogens is 161 g/mol. The van der Waals surface area contributed by atoms with Crippen LogP contribution in [0.25, 0.3) is 0 Å². The minimum atomic E-state index is -0.931. The van der Waals surface area contributed by atoms with Gasteiger partial charge in [-0.05, 0) is 18.8 Å². The normalized spacial score (nSPS) is 21.6. The fourth-order valence-corrected chi connectivity index (χ4v) is 1.14. The van der Waals surface area contributed by atoms with Gasteiger partial charge >= 0.3 is 5.97 Å². The smallest absolute Gasteiger partial charge is 0.322 e. The third kappa shape index (κ3) is 2.44. The Morgan fingerprint density at radius 3 is 2.75 bits per heavy atom. The number of methoxy groups -OCH3 is 1. The summed E-state index contributed by atoms with van der Waals surface area (Å²) in [5.41, 5.74) is 5.38. The van der Waals surface area contributed by atoms with E-state index in [0.717, 1.165) is 12.8 Å². The third-order valence-corrected chi connectivity index (χ3v) is 2.12. The van der Waals surface area contributed by atoms with Crippen LogP contribution in [0.1, 0.15) is 19.3 Å². The number of halogens is 1. The van der Waals surface area contributed by atoms with Gasteiger partial charge in [-0.1, -0.05) is 0 Å². The highest BCUT2D eigenvalue weighted by atomic mass is 19.1. The van der Waals surface area contributed by atoms with Crippen LogP contribution in [0.3, 0.4) is 0 Å². The zero-order valence-electron chi connectivity index (χ0n) is 7.13. The number of rotatable bonds is 4. The average Bonchev–Trinajstić information content (AvgIpc) is 2.84. The van der Waals surface area contributed by atoms with E-state index < -0.39 is 18.2 Å². The number of carbonyl (C=O) groups excluding carboxylic acids is 1. The quantitative estimate of drug-likeness (QED) is 0.637. The van der Waals surface area contributed by atoms with E-state index in [2.05, 4.69) is 4.74 Å². The fourth-order valence-electron chi connectivity index (χ4n) is 1.14. The van der Waals surface area contributed by atoms with Gasteiger partial charge in [0.05, 0.1) is 7.11 Å². The Labute approximate surface area is 71.1 Å². The Morgan fingerprint density at radius 1 is 1.75 bits per heavy atom. The Bertz CT molecular complexity index is 170. The van der Waals surface area contributed by atoms with Gasteiger partial charge < -0.3 is 10.5 Å². The number of nitrogens with two attached hydrogens (primary N) is 1. The summed E-state index contributed by atoms with van der Waals surface area (Å²) >= 11 is 0. The molecule has 12 heavy (non-hydrogen) atoms. The second kappa shape index (κ2) is 3.85. The Kier molecular flexibility index (Phi) is 3.03. The molecule has 0 aromatic rings. The highest BCUT2D eigenvalue weighted by Gasteiger charge is 2.33. The summed E-state index contributed by atoms with van der Waals surface area (Å²) in [4.78, 5) is 10.8. The number of hydrogen-bond acceptors (Lipinski definition) is 3. The summed E-state index contributed by atoms with van der Waals surface area (Å²) in [5, 5.41) is 0. The lowest BCUT2D eigenvalue weighted by Gasteiger charge is -2.11. The molecule has 1 fully saturated rings. The second-order valence-corrected chi connectivity index (χ2v) is 3.22. The third-order valence-electron chi connectivity index (χ3n) is 2.12. The van der Waals surface area contributed by atoms with Crippen molar-refractivity contribution in [1.29, 1.82) is 0 Å². The molecule has 0 radical (unpaired) electrons. The molecule has 1 saturated carbocycles. The van der Waals surface area contributed by atoms with Crippen molar-refractivity contribution >= 4 is 5.97 Å². The van der Waals surface area contributed by atoms with Crippen LogP contribution in [0.4, 0.5) is 4.39 Å². The zero-order valence-corrected chi connectivity index (χ0v) is 7.13. The van der Waals surface area contributed by atoms with Crippen molar-refractivity contribution in [2.75, 3.05) is 7.11 Å². The van der Waals surface area contributed by atoms with E-state index in [4.69, 9.17) is 5.73 Å². The minimum absolute atomic E-state index is 0.0946. The van der Waals surface area contributed by atoms with Crippen LogP contribution in [-0.2, 0) is 9.53 Å². The van der Waals surface area contributed by atoms with Gasteiger partial charge in [0.15, 0.2) is 0 Å². The highest BCUT2D eigenvalue weighted by Crippen LogP contribution is 2.36. The molecule has 0 aromatic carbocycles. The number of ether oxygens (including phenoxy) is 1. The van der Waals surface area contributed by atoms with E-state index >= 15 is 0 Å². The van der Waals surface area contributed by atoms with Crippen LogP contribution in [0, 0.1) is 5.92 Å². The summed E-state index contributed by atoms with van der Waals surface area (Å²) < 4.78 is 17.4. The van der Waals surface area contributed by atoms with Gasteiger partial charge in [0.2, 0.25) is 0 Å². The van der Waals surface area contributed by atoms with Crippen molar-refractivity contribution in [2.24, 2.45) is 11.7 Å². The predicted octanol–water partition coefficient (Wildman–Crippen LogP) is 0.625. The standard InChI is InChI=1S/C8H14FNO2/c1-12-8(11)7(10)4-6(9)5-2-3-5/h5-7H,2-4,10H2,1H3. The number of esters is 1. The van der Waals surface area contributed by atoms with Gasteiger partial charge in [-0.25, -0.2) is 4.39 Å². The van der Waals surface area contributed by atoms with E-state index in [9.17, 15) is 9.18 Å². The molecule has 3 nitrogen and oxygen atoms in total. The molecule has 0 amide bonds. The Hall–Kier alpha value is -0.640. The lowest BCUT2D eigenvalue weighted by Crippen LogP contribution is -2.34. The fraction of sp³-hybridized carbons (Fsp3) is 0.875. The maximum Gasteiger partial charge on any atom is 0.322 e. The van der Waals surface area contributed by atoms with Gasteiger partial charge in [-0.3, -0.25) is 4.79 Å². The molecule has 0 aliphatic heterocycles. The van der Waals surface area contributed by atoms with E-state index in [1.165, 1.54) is 7.11 Å². The largest absolute Gasteiger partial charge is 0.468 e. The SMILES string of the molecule is COC(=O)C(N)CC(F)C1CC1. The summed E-state index contributed by atoms with van der Waals surface area (Å²) in [6, 6.07) is -0.800. The van der Waals surface area contributed by atoms with E-state index in [1.807, 2.05) is 0 Å². The second-order valence-electron chi connectivity index (χ2n) is 3.22. The van der Waals surface area contributed by atoms with Gasteiger partial charge in [0, 0.05) is 6.42 Å². The molecule has 4 heteroatoms. The van der Waals surface area contributed by atoms with Crippen LogP contribution in [-0.4, -0.2) is 25.3 Å². The van der Waals surface area contributed by atoms with Crippen LogP contribution < -0.4 is 5.73 Å². The first kappa shape index (κ1) is 9.45. The molecule has 0 aromatic heterocycles. The van der Waals surface area contributed by atoms with Crippen LogP contribution >= 0.6 is 0 Å². The maximum absolute atomic E-state index is 13.0. The predicted molar refractivity (Wildman–Crippen MR) is 42.2 cm³/mol. The first-order valence-corrected chi connectivity index (χ1v) is 4.12. The van der Waals surface area contributed by atoms with Crippen LogP contribution in [0.2, 0.25) is 0 Å². The van der Waals surface area contributed by atoms with Gasteiger partial charge in [0.1, 0.15) is 12.2 Å². The molecule has 2 unspecified atom stereocenters. The first-order chi connectivity index (χ1) is 5.65. The molecule has 1 rings (SSSR count). The highest BCUT2D eigenvalue weighted by molar-refractivity contribution is 5.75. The van der Waals surface area contributed by atoms with Crippen molar-refractivity contribution in [3.05, 3.63) is 0 Å². The van der Waals surface area contributed by atoms with Crippen molar-refractivity contribution < 1.29 is 13.9 Å². The summed E-state index contributed by atoms with van der Waals surface area (Å²) in [6.07, 6.45) is 1.01. The molecule has 70 valence electrons. The van der Waals surface area contributed by atoms with Crippen LogP contribution in [0.5, 0.6) is 0 Å². The molecule has 2 atom stereocenters. The molecule has 0 bridgehead atoms. The summed E-state index contributed by atoms with van der Waals surface area (Å²) in [5.74, 6) is -0.390. The molecule has 1 aliphatic rings. The van der Waals surface area contributed by atoms with Gasteiger partial charge in [0.25, 0.3) is 0 Å². The average molecular weight is 175 g/mol. The maximum atomic E-state index is 13.0. The Morgan fingerprint density at radius 2 is 2.33 bits per heavy atom. The van der Waals surface area contributed by atoms with Crippen molar-refractivity contribution in [3.63, 3.8) is 0 Å². The van der Waals surface area contributed by atoms with E-state index in [-0.39, 0.29) is 12.3 Å². The monoisotopic (exact) mass is 175 g/mol. The molecule has 0 heterocycles. The number of carbonyl (C=O) groups is 1. The zero-order chi connectivity index (χ0) is 9.14. The topological polar surface area (TPSA) is 52.3 Å². The Balaban J connectivity index is 2.23. The lowest BCUT2D eigenvalue weighted by atomic mass is 10.1. The molecule has 2 N–H and O–H groups in total. The first-order valence-electron chi connectivity index (χ1n) is 4.12. The van der Waals surface area contributed by atoms with Gasteiger partial charge in [-0.15, -0.1) is 0 Å². The molecule has 0 saturated heterocycles. The summed E-state index contributed by atoms with van der Waals surface area (Å²) in [6.45, 7) is 0. The van der Waals surface area contributed by atoms with Crippen molar-refractivity contribution in [3.8, 4) is 0 Å².